The molecule has 0 saturated carbocycles. The normalized spacial score (nSPS) is 25.8. The zero-order chi connectivity index (χ0) is 11.5. The Balaban J connectivity index is 1.96. The Morgan fingerprint density at radius 3 is 2.75 bits per heavy atom. The average Bonchev–Trinajstić information content (AvgIpc) is 2.61. The first-order valence-corrected chi connectivity index (χ1v) is 5.38. The number of nitrogens with zero attached hydrogens (tertiary/aromatic N) is 3. The van der Waals surface area contributed by atoms with Crippen molar-refractivity contribution in [2.75, 3.05) is 13.1 Å². The molecule has 0 radical (unpaired) electrons. The maximum atomic E-state index is 11.0. The molecule has 1 aromatic heterocycles. The second-order valence-corrected chi connectivity index (χ2v) is 4.28. The topological polar surface area (TPSA) is 66.3 Å². The van der Waals surface area contributed by atoms with Crippen molar-refractivity contribution >= 4 is 5.97 Å². The molecule has 2 unspecified atom stereocenters. The average molecular weight is 221 g/mol. The molecule has 2 atom stereocenters. The molecule has 0 aliphatic carbocycles. The van der Waals surface area contributed by atoms with E-state index < -0.39 is 5.97 Å². The lowest BCUT2D eigenvalue weighted by Crippen LogP contribution is -2.23. The van der Waals surface area contributed by atoms with E-state index in [2.05, 4.69) is 14.9 Å². The molecule has 16 heavy (non-hydrogen) atoms. The number of carboxylic acids is 1. The summed E-state index contributed by atoms with van der Waals surface area (Å²) in [6, 6.07) is 1.77. The number of carbonyl (C=O) groups is 1. The highest BCUT2D eigenvalue weighted by atomic mass is 16.4. The molecule has 2 rings (SSSR count). The Kier molecular flexibility index (Phi) is 3.14. The standard InChI is InChI=1S/C11H15N3O2/c1-8-5-14(6-9(8)11(15)16)7-10-12-3-2-4-13-10/h2-4,8-9H,5-7H2,1H3,(H,15,16). The van der Waals surface area contributed by atoms with E-state index in [0.29, 0.717) is 13.1 Å². The largest absolute Gasteiger partial charge is 0.481 e. The van der Waals surface area contributed by atoms with Crippen LogP contribution in [-0.4, -0.2) is 39.0 Å². The Labute approximate surface area is 94.1 Å². The highest BCUT2D eigenvalue weighted by Gasteiger charge is 2.34. The number of aliphatic carboxylic acids is 1. The van der Waals surface area contributed by atoms with E-state index in [-0.39, 0.29) is 11.8 Å². The maximum absolute atomic E-state index is 11.0. The summed E-state index contributed by atoms with van der Waals surface area (Å²) >= 11 is 0. The molecule has 1 aliphatic rings. The molecule has 1 aromatic rings. The van der Waals surface area contributed by atoms with Crippen LogP contribution in [0.5, 0.6) is 0 Å². The summed E-state index contributed by atoms with van der Waals surface area (Å²) in [7, 11) is 0. The maximum Gasteiger partial charge on any atom is 0.308 e. The van der Waals surface area contributed by atoms with Crippen LogP contribution >= 0.6 is 0 Å². The molecule has 1 fully saturated rings. The van der Waals surface area contributed by atoms with Gasteiger partial charge in [0.2, 0.25) is 0 Å². The number of hydrogen-bond donors (Lipinski definition) is 1. The van der Waals surface area contributed by atoms with Gasteiger partial charge in [0, 0.05) is 25.5 Å². The van der Waals surface area contributed by atoms with Crippen LogP contribution in [0.4, 0.5) is 0 Å². The van der Waals surface area contributed by atoms with Crippen molar-refractivity contribution in [2.24, 2.45) is 11.8 Å². The first-order valence-electron chi connectivity index (χ1n) is 5.38. The van der Waals surface area contributed by atoms with Crippen LogP contribution in [-0.2, 0) is 11.3 Å². The molecule has 1 N–H and O–H groups in total. The van der Waals surface area contributed by atoms with E-state index in [9.17, 15) is 4.79 Å². The Hall–Kier alpha value is -1.49. The van der Waals surface area contributed by atoms with E-state index in [0.717, 1.165) is 12.4 Å². The van der Waals surface area contributed by atoms with Crippen molar-refractivity contribution in [3.8, 4) is 0 Å². The van der Waals surface area contributed by atoms with Gasteiger partial charge in [-0.05, 0) is 12.0 Å². The molecule has 0 aromatic carbocycles. The molecule has 86 valence electrons. The van der Waals surface area contributed by atoms with Crippen LogP contribution in [0.1, 0.15) is 12.7 Å². The predicted octanol–water partition coefficient (Wildman–Crippen LogP) is 0.629. The van der Waals surface area contributed by atoms with Gasteiger partial charge in [-0.25, -0.2) is 9.97 Å². The van der Waals surface area contributed by atoms with Crippen molar-refractivity contribution in [3.63, 3.8) is 0 Å². The molecule has 0 bridgehead atoms. The van der Waals surface area contributed by atoms with E-state index in [1.54, 1.807) is 18.5 Å². The summed E-state index contributed by atoms with van der Waals surface area (Å²) in [6.45, 7) is 4.00. The number of aromatic nitrogens is 2. The predicted molar refractivity (Wildman–Crippen MR) is 57.6 cm³/mol. The lowest BCUT2D eigenvalue weighted by atomic mass is 9.99. The number of rotatable bonds is 3. The van der Waals surface area contributed by atoms with Gasteiger partial charge in [-0.2, -0.15) is 0 Å². The van der Waals surface area contributed by atoms with Gasteiger partial charge in [0.05, 0.1) is 12.5 Å². The number of hydrogen-bond acceptors (Lipinski definition) is 4. The monoisotopic (exact) mass is 221 g/mol. The second kappa shape index (κ2) is 4.57. The van der Waals surface area contributed by atoms with E-state index >= 15 is 0 Å². The molecule has 5 nitrogen and oxygen atoms in total. The van der Waals surface area contributed by atoms with Gasteiger partial charge < -0.3 is 5.11 Å². The van der Waals surface area contributed by atoms with Gasteiger partial charge in [0.25, 0.3) is 0 Å². The Bertz CT molecular complexity index is 369. The summed E-state index contributed by atoms with van der Waals surface area (Å²) < 4.78 is 0. The first kappa shape index (κ1) is 11.0. The van der Waals surface area contributed by atoms with Gasteiger partial charge in [0.1, 0.15) is 5.82 Å². The molecule has 2 heterocycles. The summed E-state index contributed by atoms with van der Waals surface area (Å²) in [5, 5.41) is 9.01. The minimum Gasteiger partial charge on any atom is -0.481 e. The van der Waals surface area contributed by atoms with E-state index in [1.165, 1.54) is 0 Å². The number of carboxylic acid groups (broad SMARTS) is 1. The van der Waals surface area contributed by atoms with Gasteiger partial charge in [-0.15, -0.1) is 0 Å². The molecular weight excluding hydrogens is 206 g/mol. The highest BCUT2D eigenvalue weighted by Crippen LogP contribution is 2.23. The summed E-state index contributed by atoms with van der Waals surface area (Å²) in [4.78, 5) is 21.3. The van der Waals surface area contributed by atoms with Crippen LogP contribution in [0, 0.1) is 11.8 Å². The summed E-state index contributed by atoms with van der Waals surface area (Å²) in [6.07, 6.45) is 3.41. The smallest absolute Gasteiger partial charge is 0.308 e. The summed E-state index contributed by atoms with van der Waals surface area (Å²) in [5.41, 5.74) is 0. The third kappa shape index (κ3) is 2.36. The Morgan fingerprint density at radius 1 is 1.50 bits per heavy atom. The van der Waals surface area contributed by atoms with Crippen molar-refractivity contribution in [1.29, 1.82) is 0 Å². The van der Waals surface area contributed by atoms with Crippen molar-refractivity contribution in [3.05, 3.63) is 24.3 Å². The van der Waals surface area contributed by atoms with Crippen molar-refractivity contribution in [1.82, 2.24) is 14.9 Å². The Morgan fingerprint density at radius 2 is 2.19 bits per heavy atom. The van der Waals surface area contributed by atoms with Crippen LogP contribution in [0.2, 0.25) is 0 Å². The molecular formula is C11H15N3O2. The van der Waals surface area contributed by atoms with E-state index in [4.69, 9.17) is 5.11 Å². The molecule has 5 heteroatoms. The lowest BCUT2D eigenvalue weighted by Gasteiger charge is -2.13. The summed E-state index contributed by atoms with van der Waals surface area (Å²) in [5.74, 6) is -0.0188. The zero-order valence-electron chi connectivity index (χ0n) is 9.21. The SMILES string of the molecule is CC1CN(Cc2ncccn2)CC1C(=O)O. The zero-order valence-corrected chi connectivity index (χ0v) is 9.21. The second-order valence-electron chi connectivity index (χ2n) is 4.28. The fourth-order valence-electron chi connectivity index (χ4n) is 2.13. The van der Waals surface area contributed by atoms with Gasteiger partial charge in [-0.3, -0.25) is 9.69 Å². The first-order chi connectivity index (χ1) is 7.66. The minimum atomic E-state index is -0.705. The quantitative estimate of drug-likeness (QED) is 0.810. The molecule has 0 amide bonds. The minimum absolute atomic E-state index is 0.196. The van der Waals surface area contributed by atoms with E-state index in [1.807, 2.05) is 6.92 Å². The molecule has 1 aliphatic heterocycles. The van der Waals surface area contributed by atoms with Crippen LogP contribution in [0.15, 0.2) is 18.5 Å². The van der Waals surface area contributed by atoms with Gasteiger partial charge >= 0.3 is 5.97 Å². The van der Waals surface area contributed by atoms with Crippen LogP contribution in [0.25, 0.3) is 0 Å². The van der Waals surface area contributed by atoms with Crippen LogP contribution in [0.3, 0.4) is 0 Å². The number of likely N-dealkylation sites (tertiary alicyclic amines) is 1. The van der Waals surface area contributed by atoms with Crippen molar-refractivity contribution in [2.45, 2.75) is 13.5 Å². The van der Waals surface area contributed by atoms with Crippen molar-refractivity contribution < 1.29 is 9.90 Å². The fourth-order valence-corrected chi connectivity index (χ4v) is 2.13. The fraction of sp³-hybridized carbons (Fsp3) is 0.545. The highest BCUT2D eigenvalue weighted by molar-refractivity contribution is 5.71. The lowest BCUT2D eigenvalue weighted by molar-refractivity contribution is -0.142. The van der Waals surface area contributed by atoms with Crippen LogP contribution < -0.4 is 0 Å². The van der Waals surface area contributed by atoms with Gasteiger partial charge in [0.15, 0.2) is 0 Å². The molecule has 1 saturated heterocycles. The van der Waals surface area contributed by atoms with Gasteiger partial charge in [-0.1, -0.05) is 6.92 Å². The third-order valence-electron chi connectivity index (χ3n) is 2.99. The third-order valence-corrected chi connectivity index (χ3v) is 2.99. The molecule has 0 spiro atoms.